The van der Waals surface area contributed by atoms with Crippen LogP contribution in [0.4, 0.5) is 0 Å². The van der Waals surface area contributed by atoms with Crippen LogP contribution in [0.25, 0.3) is 0 Å². The van der Waals surface area contributed by atoms with E-state index in [1.54, 1.807) is 0 Å². The number of rotatable bonds is 1. The molecule has 4 heteroatoms. The molecule has 1 fully saturated rings. The third kappa shape index (κ3) is 2.29. The van der Waals surface area contributed by atoms with E-state index in [9.17, 15) is 0 Å². The molecule has 0 radical (unpaired) electrons. The summed E-state index contributed by atoms with van der Waals surface area (Å²) in [6, 6.07) is 9.77. The second kappa shape index (κ2) is 5.09. The highest BCUT2D eigenvalue weighted by Crippen LogP contribution is 2.33. The summed E-state index contributed by atoms with van der Waals surface area (Å²) < 4.78 is 0. The van der Waals surface area contributed by atoms with Crippen molar-refractivity contribution in [3.05, 3.63) is 35.4 Å². The number of nitrogens with two attached hydrogens (primary N) is 1. The Hall–Kier alpha value is -1.55. The van der Waals surface area contributed by atoms with Gasteiger partial charge in [-0.25, -0.2) is 0 Å². The van der Waals surface area contributed by atoms with Gasteiger partial charge in [-0.2, -0.15) is 0 Å². The molecular weight excluding hydrogens is 248 g/mol. The summed E-state index contributed by atoms with van der Waals surface area (Å²) in [5, 5.41) is 11.5. The number of nitrogens with one attached hydrogen (secondary N) is 2. The highest BCUT2D eigenvalue weighted by molar-refractivity contribution is 5.75. The number of hydrogen-bond donors (Lipinski definition) is 3. The summed E-state index contributed by atoms with van der Waals surface area (Å²) >= 11 is 0. The molecule has 1 aromatic rings. The number of nitrogens with zero attached hydrogens (tertiary/aromatic N) is 1. The second-order valence-electron chi connectivity index (χ2n) is 6.32. The molecule has 1 aliphatic heterocycles. The molecule has 1 heterocycles. The van der Waals surface area contributed by atoms with Crippen LogP contribution in [0.3, 0.4) is 0 Å². The van der Waals surface area contributed by atoms with Crippen molar-refractivity contribution >= 4 is 5.96 Å². The van der Waals surface area contributed by atoms with Gasteiger partial charge in [-0.3, -0.25) is 5.41 Å². The minimum atomic E-state index is 0.214. The van der Waals surface area contributed by atoms with Gasteiger partial charge < -0.3 is 16.0 Å². The van der Waals surface area contributed by atoms with E-state index in [4.69, 9.17) is 11.1 Å². The van der Waals surface area contributed by atoms with E-state index >= 15 is 0 Å². The Labute approximate surface area is 120 Å². The monoisotopic (exact) mass is 272 g/mol. The van der Waals surface area contributed by atoms with Crippen LogP contribution in [0.2, 0.25) is 0 Å². The predicted molar refractivity (Wildman–Crippen MR) is 81.8 cm³/mol. The molecule has 4 N–H and O–H groups in total. The van der Waals surface area contributed by atoms with Gasteiger partial charge in [0.05, 0.1) is 6.04 Å². The van der Waals surface area contributed by atoms with Gasteiger partial charge in [0.1, 0.15) is 0 Å². The van der Waals surface area contributed by atoms with Crippen LogP contribution in [0, 0.1) is 11.3 Å². The highest BCUT2D eigenvalue weighted by Gasteiger charge is 2.40. The summed E-state index contributed by atoms with van der Waals surface area (Å²) in [5.74, 6) is 0.762. The molecule has 108 valence electrons. The lowest BCUT2D eigenvalue weighted by molar-refractivity contribution is 0.122. The Bertz CT molecular complexity index is 488. The van der Waals surface area contributed by atoms with Crippen LogP contribution in [0.1, 0.15) is 25.0 Å². The third-order valence-corrected chi connectivity index (χ3v) is 4.77. The van der Waals surface area contributed by atoms with Crippen molar-refractivity contribution < 1.29 is 0 Å². The molecule has 20 heavy (non-hydrogen) atoms. The van der Waals surface area contributed by atoms with E-state index in [-0.39, 0.29) is 5.96 Å². The second-order valence-corrected chi connectivity index (χ2v) is 6.32. The molecule has 3 rings (SSSR count). The molecule has 0 bridgehead atoms. The topological polar surface area (TPSA) is 65.1 Å². The van der Waals surface area contributed by atoms with Crippen molar-refractivity contribution in [3.8, 4) is 0 Å². The first-order valence-corrected chi connectivity index (χ1v) is 7.49. The van der Waals surface area contributed by atoms with Crippen molar-refractivity contribution in [2.24, 2.45) is 11.7 Å². The van der Waals surface area contributed by atoms with E-state index in [1.165, 1.54) is 11.1 Å². The van der Waals surface area contributed by atoms with Gasteiger partial charge in [0.25, 0.3) is 0 Å². The fourth-order valence-electron chi connectivity index (χ4n) is 4.04. The smallest absolute Gasteiger partial charge is 0.188 e. The van der Waals surface area contributed by atoms with Gasteiger partial charge in [-0.15, -0.1) is 0 Å². The molecule has 3 atom stereocenters. The maximum Gasteiger partial charge on any atom is 0.188 e. The molecule has 1 aromatic carbocycles. The highest BCUT2D eigenvalue weighted by atomic mass is 15.3. The minimum absolute atomic E-state index is 0.214. The van der Waals surface area contributed by atoms with Gasteiger partial charge in [0.2, 0.25) is 0 Å². The fraction of sp³-hybridized carbons (Fsp3) is 0.562. The Kier molecular flexibility index (Phi) is 3.42. The molecular formula is C16H24N4. The summed E-state index contributed by atoms with van der Waals surface area (Å²) in [6.07, 6.45) is 2.20. The zero-order chi connectivity index (χ0) is 14.3. The Morgan fingerprint density at radius 1 is 1.25 bits per heavy atom. The largest absolute Gasteiger partial charge is 0.370 e. The molecule has 3 unspecified atom stereocenters. The zero-order valence-corrected chi connectivity index (χ0v) is 12.3. The van der Waals surface area contributed by atoms with E-state index in [1.807, 2.05) is 0 Å². The lowest BCUT2D eigenvalue weighted by atomic mass is 9.87. The first kappa shape index (κ1) is 13.4. The van der Waals surface area contributed by atoms with Gasteiger partial charge in [-0.1, -0.05) is 24.3 Å². The van der Waals surface area contributed by atoms with Crippen molar-refractivity contribution in [2.75, 3.05) is 6.54 Å². The molecule has 1 saturated heterocycles. The van der Waals surface area contributed by atoms with E-state index in [0.717, 1.165) is 19.4 Å². The van der Waals surface area contributed by atoms with E-state index in [2.05, 4.69) is 48.3 Å². The first-order valence-electron chi connectivity index (χ1n) is 7.49. The summed E-state index contributed by atoms with van der Waals surface area (Å²) in [7, 11) is 0. The van der Waals surface area contributed by atoms with Crippen LogP contribution in [0.15, 0.2) is 24.3 Å². The Morgan fingerprint density at radius 2 is 1.85 bits per heavy atom. The molecule has 0 amide bonds. The normalized spacial score (nSPS) is 30.3. The Morgan fingerprint density at radius 3 is 2.40 bits per heavy atom. The average molecular weight is 272 g/mol. The van der Waals surface area contributed by atoms with Gasteiger partial charge in [0, 0.05) is 18.6 Å². The van der Waals surface area contributed by atoms with Crippen LogP contribution in [-0.4, -0.2) is 35.5 Å². The Balaban J connectivity index is 1.83. The number of hydrogen-bond acceptors (Lipinski definition) is 2. The molecule has 1 aliphatic carbocycles. The van der Waals surface area contributed by atoms with E-state index < -0.39 is 0 Å². The van der Waals surface area contributed by atoms with Crippen molar-refractivity contribution in [1.29, 1.82) is 5.41 Å². The maximum absolute atomic E-state index is 7.90. The molecule has 0 aromatic heterocycles. The lowest BCUT2D eigenvalue weighted by Crippen LogP contribution is -2.65. The standard InChI is InChI=1S/C16H24N4/c1-10-9-20(16(17)18)15(11(2)19-10)14-7-12-5-3-4-6-13(12)8-14/h3-6,10-11,14-15,19H,7-9H2,1-2H3,(H3,17,18). The zero-order valence-electron chi connectivity index (χ0n) is 12.3. The molecule has 0 spiro atoms. The number of guanidine groups is 1. The van der Waals surface area contributed by atoms with Crippen LogP contribution < -0.4 is 11.1 Å². The van der Waals surface area contributed by atoms with Crippen molar-refractivity contribution in [1.82, 2.24) is 10.2 Å². The van der Waals surface area contributed by atoms with E-state index in [0.29, 0.717) is 24.0 Å². The number of fused-ring (bicyclic) bond motifs is 1. The summed E-state index contributed by atoms with van der Waals surface area (Å²) in [5.41, 5.74) is 8.77. The van der Waals surface area contributed by atoms with Crippen molar-refractivity contribution in [3.63, 3.8) is 0 Å². The fourth-order valence-corrected chi connectivity index (χ4v) is 4.04. The summed E-state index contributed by atoms with van der Waals surface area (Å²) in [6.45, 7) is 5.21. The average Bonchev–Trinajstić information content (AvgIpc) is 2.80. The van der Waals surface area contributed by atoms with Crippen LogP contribution in [0.5, 0.6) is 0 Å². The third-order valence-electron chi connectivity index (χ3n) is 4.77. The van der Waals surface area contributed by atoms with Gasteiger partial charge in [-0.05, 0) is 43.7 Å². The number of piperazine rings is 1. The number of benzene rings is 1. The van der Waals surface area contributed by atoms with Crippen LogP contribution in [-0.2, 0) is 12.8 Å². The van der Waals surface area contributed by atoms with Crippen molar-refractivity contribution in [2.45, 2.75) is 44.8 Å². The van der Waals surface area contributed by atoms with Gasteiger partial charge in [0.15, 0.2) is 5.96 Å². The molecule has 2 aliphatic rings. The minimum Gasteiger partial charge on any atom is -0.370 e. The van der Waals surface area contributed by atoms with Gasteiger partial charge >= 0.3 is 0 Å². The predicted octanol–water partition coefficient (Wildman–Crippen LogP) is 1.35. The maximum atomic E-state index is 7.90. The lowest BCUT2D eigenvalue weighted by Gasteiger charge is -2.46. The first-order chi connectivity index (χ1) is 9.56. The van der Waals surface area contributed by atoms with Crippen LogP contribution >= 0.6 is 0 Å². The molecule has 0 saturated carbocycles. The quantitative estimate of drug-likeness (QED) is 0.534. The summed E-state index contributed by atoms with van der Waals surface area (Å²) in [4.78, 5) is 2.10. The SMILES string of the molecule is CC1CN(C(=N)N)C(C2Cc3ccccc3C2)C(C)N1. The molecule has 4 nitrogen and oxygen atoms in total.